The Labute approximate surface area is 313 Å². The lowest BCUT2D eigenvalue weighted by Gasteiger charge is -2.47. The third kappa shape index (κ3) is 8.13. The Balaban J connectivity index is 2.92. The van der Waals surface area contributed by atoms with E-state index in [1.54, 1.807) is 21.9 Å². The second-order valence-electron chi connectivity index (χ2n) is 23.5. The summed E-state index contributed by atoms with van der Waals surface area (Å²) >= 11 is 0. The van der Waals surface area contributed by atoms with Crippen molar-refractivity contribution in [3.05, 3.63) is 69.8 Å². The minimum atomic E-state index is -2.30. The molecule has 2 atom stereocenters. The van der Waals surface area contributed by atoms with Gasteiger partial charge in [0.05, 0.1) is 0 Å². The fraction of sp³-hybridized carbons (Fsp3) is 0.667. The van der Waals surface area contributed by atoms with Crippen molar-refractivity contribution in [2.24, 2.45) is 0 Å². The van der Waals surface area contributed by atoms with Gasteiger partial charge in [-0.2, -0.15) is 0 Å². The van der Waals surface area contributed by atoms with Crippen LogP contribution in [0.1, 0.15) is 62.7 Å². The highest BCUT2D eigenvalue weighted by molar-refractivity contribution is 7.15. The van der Waals surface area contributed by atoms with Crippen molar-refractivity contribution < 1.29 is 0 Å². The first kappa shape index (κ1) is 43.1. The fourth-order valence-corrected chi connectivity index (χ4v) is 58.2. The SMILES string of the molecule is C=C(C)C1(C)C[Si]1(c1c(C)cc(C)cc1C)c1c(C([Si](C)(C)C)[Si](C)(C)C)cc(C([Si](C)(C)C)[Si](C)(C)C)cc1C([Si](C)(C)C)[Si](C)(C)C. The van der Waals surface area contributed by atoms with Crippen molar-refractivity contribution in [1.29, 1.82) is 0 Å². The number of hydrogen-bond donors (Lipinski definition) is 0. The normalized spacial score (nSPS) is 21.3. The van der Waals surface area contributed by atoms with E-state index < -0.39 is 56.5 Å². The third-order valence-corrected chi connectivity index (χ3v) is 46.5. The maximum absolute atomic E-state index is 4.85. The molecule has 0 radical (unpaired) electrons. The van der Waals surface area contributed by atoms with Gasteiger partial charge in [0.2, 0.25) is 0 Å². The number of benzene rings is 2. The first-order valence-electron chi connectivity index (χ1n) is 19.5. The Hall–Kier alpha value is -0.302. The first-order valence-corrected chi connectivity index (χ1v) is 43.1. The molecule has 2 unspecified atom stereocenters. The van der Waals surface area contributed by atoms with Crippen molar-refractivity contribution in [2.75, 3.05) is 0 Å². The van der Waals surface area contributed by atoms with Crippen LogP contribution in [-0.4, -0.2) is 56.5 Å². The molecule has 1 aliphatic heterocycles. The molecule has 276 valence electrons. The van der Waals surface area contributed by atoms with Crippen molar-refractivity contribution in [3.8, 4) is 0 Å². The Morgan fingerprint density at radius 2 is 0.857 bits per heavy atom. The molecule has 0 amide bonds. The van der Waals surface area contributed by atoms with Crippen LogP contribution >= 0.6 is 0 Å². The summed E-state index contributed by atoms with van der Waals surface area (Å²) in [4.78, 5) is 0. The summed E-state index contributed by atoms with van der Waals surface area (Å²) in [5.41, 5.74) is 11.4. The molecule has 0 bridgehead atoms. The molecule has 1 aliphatic rings. The van der Waals surface area contributed by atoms with Crippen LogP contribution in [-0.2, 0) is 0 Å². The van der Waals surface area contributed by atoms with E-state index in [1.807, 2.05) is 16.3 Å². The Morgan fingerprint density at radius 1 is 0.551 bits per heavy atom. The molecule has 0 saturated carbocycles. The van der Waals surface area contributed by atoms with Gasteiger partial charge in [-0.1, -0.05) is 178 Å². The lowest BCUT2D eigenvalue weighted by atomic mass is 10.1. The van der Waals surface area contributed by atoms with Crippen LogP contribution in [0.5, 0.6) is 0 Å². The Kier molecular flexibility index (Phi) is 11.6. The molecule has 0 aliphatic carbocycles. The average molecular weight is 782 g/mol. The monoisotopic (exact) mass is 780 g/mol. The quantitative estimate of drug-likeness (QED) is 0.149. The molecule has 2 aromatic rings. The van der Waals surface area contributed by atoms with E-state index in [0.29, 0.717) is 10.3 Å². The van der Waals surface area contributed by atoms with E-state index in [1.165, 1.54) is 17.2 Å². The van der Waals surface area contributed by atoms with Crippen molar-refractivity contribution >= 4 is 66.9 Å². The van der Waals surface area contributed by atoms with E-state index >= 15 is 0 Å². The zero-order valence-corrected chi connectivity index (χ0v) is 44.0. The molecule has 3 rings (SSSR count). The Bertz CT molecular complexity index is 1460. The molecular formula is C42H80Si7. The van der Waals surface area contributed by atoms with Gasteiger partial charge < -0.3 is 0 Å². The van der Waals surface area contributed by atoms with E-state index in [4.69, 9.17) is 6.58 Å². The topological polar surface area (TPSA) is 0 Å². The van der Waals surface area contributed by atoms with Crippen LogP contribution in [0.4, 0.5) is 0 Å². The van der Waals surface area contributed by atoms with Crippen LogP contribution in [0.3, 0.4) is 0 Å². The average Bonchev–Trinajstić information content (AvgIpc) is 3.39. The molecule has 2 aromatic carbocycles. The van der Waals surface area contributed by atoms with Gasteiger partial charge in [0.15, 0.2) is 0 Å². The van der Waals surface area contributed by atoms with Gasteiger partial charge >= 0.3 is 0 Å². The summed E-state index contributed by atoms with van der Waals surface area (Å²) in [6, 6.07) is 12.3. The van der Waals surface area contributed by atoms with Crippen LogP contribution in [0.2, 0.25) is 129 Å². The summed E-state index contributed by atoms with van der Waals surface area (Å²) in [6.07, 6.45) is 0. The predicted molar refractivity (Wildman–Crippen MR) is 248 cm³/mol. The molecule has 1 saturated heterocycles. The highest BCUT2D eigenvalue weighted by Crippen LogP contribution is 2.67. The second kappa shape index (κ2) is 13.2. The minimum absolute atomic E-state index is 0.173. The van der Waals surface area contributed by atoms with Crippen LogP contribution < -0.4 is 10.4 Å². The molecule has 7 heteroatoms. The molecule has 0 N–H and O–H groups in total. The smallest absolute Gasteiger partial charge is 0.0999 e. The van der Waals surface area contributed by atoms with Crippen molar-refractivity contribution in [1.82, 2.24) is 0 Å². The van der Waals surface area contributed by atoms with Gasteiger partial charge in [0, 0.05) is 48.4 Å². The van der Waals surface area contributed by atoms with Gasteiger partial charge in [-0.3, -0.25) is 0 Å². The van der Waals surface area contributed by atoms with Crippen LogP contribution in [0, 0.1) is 20.8 Å². The van der Waals surface area contributed by atoms with E-state index in [0.717, 1.165) is 5.16 Å². The number of aryl methyl sites for hydroxylation is 3. The number of rotatable bonds is 12. The standard InChI is InChI=1S/C42H80Si7/c1-30(2)42(6)29-49(42,37-32(4)25-31(3)26-33(37)5)38-35(40(45(13,14)15)46(16,17)18)27-34(39(43(7,8)9)44(10,11)12)28-36(38)41(47(19,20)21)48(22,23)24/h25-28,39-41H,1,29H2,2-24H3. The third-order valence-electron chi connectivity index (χ3n) is 12.3. The van der Waals surface area contributed by atoms with Gasteiger partial charge in [0.25, 0.3) is 0 Å². The lowest BCUT2D eigenvalue weighted by molar-refractivity contribution is 0.900. The van der Waals surface area contributed by atoms with Crippen LogP contribution in [0.25, 0.3) is 0 Å². The number of hydrogen-bond acceptors (Lipinski definition) is 0. The predicted octanol–water partition coefficient (Wildman–Crippen LogP) is 13.0. The van der Waals surface area contributed by atoms with Gasteiger partial charge in [-0.25, -0.2) is 0 Å². The summed E-state index contributed by atoms with van der Waals surface area (Å²) in [5, 5.41) is 6.05. The Morgan fingerprint density at radius 3 is 1.10 bits per heavy atom. The van der Waals surface area contributed by atoms with Crippen molar-refractivity contribution in [2.45, 2.75) is 179 Å². The van der Waals surface area contributed by atoms with E-state index in [2.05, 4.69) is 177 Å². The molecular weight excluding hydrogens is 701 g/mol. The maximum atomic E-state index is 4.85. The van der Waals surface area contributed by atoms with E-state index in [9.17, 15) is 0 Å². The molecule has 0 aromatic heterocycles. The zero-order chi connectivity index (χ0) is 38.5. The first-order chi connectivity index (χ1) is 21.5. The molecule has 0 nitrogen and oxygen atoms in total. The lowest BCUT2D eigenvalue weighted by Crippen LogP contribution is -2.60. The highest BCUT2D eigenvalue weighted by Gasteiger charge is 2.71. The fourth-order valence-electron chi connectivity index (χ4n) is 12.3. The minimum Gasteiger partial charge on any atom is -0.0999 e. The molecule has 1 heterocycles. The largest absolute Gasteiger partial charge is 0.129 e. The summed E-state index contributed by atoms with van der Waals surface area (Å²) in [6.45, 7) is 65.8. The van der Waals surface area contributed by atoms with Crippen LogP contribution in [0.15, 0.2) is 36.4 Å². The van der Waals surface area contributed by atoms with E-state index in [-0.39, 0.29) is 5.04 Å². The summed E-state index contributed by atoms with van der Waals surface area (Å²) < 4.78 is 0. The zero-order valence-electron chi connectivity index (χ0n) is 37.0. The van der Waals surface area contributed by atoms with Gasteiger partial charge in [-0.05, 0) is 81.3 Å². The maximum Gasteiger partial charge on any atom is 0.129 e. The van der Waals surface area contributed by atoms with Crippen molar-refractivity contribution in [3.63, 3.8) is 0 Å². The molecule has 1 fully saturated rings. The van der Waals surface area contributed by atoms with Gasteiger partial charge in [-0.15, -0.1) is 0 Å². The summed E-state index contributed by atoms with van der Waals surface area (Å²) in [7, 11) is -12.0. The van der Waals surface area contributed by atoms with Gasteiger partial charge in [0.1, 0.15) is 8.07 Å². The number of allylic oxidation sites excluding steroid dienone is 1. The summed E-state index contributed by atoms with van der Waals surface area (Å²) in [5.74, 6) is 0. The molecule has 49 heavy (non-hydrogen) atoms. The molecule has 0 spiro atoms. The highest BCUT2D eigenvalue weighted by atomic mass is 28.4. The second-order valence-corrected chi connectivity index (χ2v) is 61.4.